The zero-order valence-electron chi connectivity index (χ0n) is 21.8. The van der Waals surface area contributed by atoms with Crippen molar-refractivity contribution >= 4 is 29.3 Å². The first kappa shape index (κ1) is 26.3. The van der Waals surface area contributed by atoms with E-state index in [2.05, 4.69) is 37.9 Å². The van der Waals surface area contributed by atoms with Crippen LogP contribution in [-0.4, -0.2) is 73.2 Å². The maximum absolute atomic E-state index is 12.0. The molecule has 4 rings (SSSR count). The van der Waals surface area contributed by atoms with Crippen LogP contribution < -0.4 is 20.9 Å². The Bertz CT molecular complexity index is 913. The summed E-state index contributed by atoms with van der Waals surface area (Å²) in [5, 5.41) is 8.66. The fraction of sp³-hybridized carbons (Fsp3) is 0.667. The number of carbonyl (C=O) groups is 3. The topological polar surface area (TPSA) is 103 Å². The molecule has 0 spiro atoms. The molecule has 0 bridgehead atoms. The molecule has 9 heteroatoms. The van der Waals surface area contributed by atoms with Crippen LogP contribution in [0.4, 0.5) is 16.2 Å². The Balaban J connectivity index is 1.15. The second-order valence-electron chi connectivity index (χ2n) is 11.3. The molecule has 1 aromatic rings. The van der Waals surface area contributed by atoms with Gasteiger partial charge in [-0.15, -0.1) is 0 Å². The third kappa shape index (κ3) is 7.59. The minimum absolute atomic E-state index is 0.199. The molecule has 3 N–H and O–H groups in total. The Kier molecular flexibility index (Phi) is 8.39. The van der Waals surface area contributed by atoms with Gasteiger partial charge < -0.3 is 20.3 Å². The van der Waals surface area contributed by atoms with Gasteiger partial charge in [0.25, 0.3) is 0 Å². The lowest BCUT2D eigenvalue weighted by Crippen LogP contribution is -2.48. The van der Waals surface area contributed by atoms with Crippen LogP contribution in [0, 0.1) is 5.92 Å². The second kappa shape index (κ2) is 11.5. The first-order valence-corrected chi connectivity index (χ1v) is 13.3. The van der Waals surface area contributed by atoms with Gasteiger partial charge in [0, 0.05) is 56.6 Å². The fourth-order valence-corrected chi connectivity index (χ4v) is 5.32. The van der Waals surface area contributed by atoms with Crippen molar-refractivity contribution < 1.29 is 19.1 Å². The number of nitrogens with zero attached hydrogens (tertiary/aromatic N) is 2. The van der Waals surface area contributed by atoms with E-state index in [4.69, 9.17) is 4.74 Å². The summed E-state index contributed by atoms with van der Waals surface area (Å²) in [7, 11) is 0. The molecule has 1 unspecified atom stereocenters. The van der Waals surface area contributed by atoms with Crippen LogP contribution in [0.1, 0.15) is 59.3 Å². The number of amides is 3. The molecule has 198 valence electrons. The normalized spacial score (nSPS) is 25.8. The van der Waals surface area contributed by atoms with E-state index in [-0.39, 0.29) is 30.0 Å². The maximum Gasteiger partial charge on any atom is 0.407 e. The lowest BCUT2D eigenvalue weighted by Gasteiger charge is -2.39. The minimum atomic E-state index is -0.460. The Morgan fingerprint density at radius 1 is 1.00 bits per heavy atom. The van der Waals surface area contributed by atoms with Gasteiger partial charge in [-0.05, 0) is 83.1 Å². The van der Waals surface area contributed by atoms with Crippen molar-refractivity contribution in [2.24, 2.45) is 5.92 Å². The Hall–Kier alpha value is -2.81. The number of hydrogen-bond donors (Lipinski definition) is 3. The average molecular weight is 500 g/mol. The predicted molar refractivity (Wildman–Crippen MR) is 140 cm³/mol. The highest BCUT2D eigenvalue weighted by atomic mass is 16.6. The highest BCUT2D eigenvalue weighted by Gasteiger charge is 2.28. The molecule has 0 aromatic heterocycles. The number of benzene rings is 1. The van der Waals surface area contributed by atoms with E-state index in [0.717, 1.165) is 64.1 Å². The monoisotopic (exact) mass is 499 g/mol. The predicted octanol–water partition coefficient (Wildman–Crippen LogP) is 3.11. The van der Waals surface area contributed by atoms with Crippen molar-refractivity contribution in [1.29, 1.82) is 0 Å². The molecular weight excluding hydrogens is 458 g/mol. The van der Waals surface area contributed by atoms with E-state index in [1.54, 1.807) is 0 Å². The molecule has 1 atom stereocenters. The van der Waals surface area contributed by atoms with Crippen LogP contribution in [0.15, 0.2) is 24.3 Å². The molecular formula is C27H41N5O4. The number of carbonyl (C=O) groups excluding carboxylic acids is 3. The Labute approximate surface area is 214 Å². The van der Waals surface area contributed by atoms with Crippen LogP contribution in [0.25, 0.3) is 0 Å². The van der Waals surface area contributed by atoms with E-state index in [1.807, 2.05) is 32.9 Å². The number of piperidine rings is 1. The highest BCUT2D eigenvalue weighted by Crippen LogP contribution is 2.27. The maximum atomic E-state index is 12.0. The summed E-state index contributed by atoms with van der Waals surface area (Å²) in [6.07, 6.45) is 4.91. The molecule has 2 saturated heterocycles. The fourth-order valence-electron chi connectivity index (χ4n) is 5.32. The van der Waals surface area contributed by atoms with Gasteiger partial charge in [-0.25, -0.2) is 4.79 Å². The van der Waals surface area contributed by atoms with E-state index in [9.17, 15) is 14.4 Å². The average Bonchev–Trinajstić information content (AvgIpc) is 2.82. The van der Waals surface area contributed by atoms with E-state index >= 15 is 0 Å². The van der Waals surface area contributed by atoms with Gasteiger partial charge in [0.2, 0.25) is 11.8 Å². The molecule has 3 aliphatic rings. The van der Waals surface area contributed by atoms with Crippen LogP contribution in [0.3, 0.4) is 0 Å². The highest BCUT2D eigenvalue weighted by molar-refractivity contribution is 6.01. The molecule has 1 saturated carbocycles. The summed E-state index contributed by atoms with van der Waals surface area (Å²) in [5.41, 5.74) is 1.62. The van der Waals surface area contributed by atoms with Crippen molar-refractivity contribution in [1.82, 2.24) is 15.5 Å². The summed E-state index contributed by atoms with van der Waals surface area (Å²) in [4.78, 5) is 40.3. The molecule has 3 fully saturated rings. The number of anilines is 2. The van der Waals surface area contributed by atoms with Gasteiger partial charge in [0.1, 0.15) is 11.6 Å². The number of rotatable bonds is 6. The molecule has 1 aliphatic carbocycles. The zero-order valence-corrected chi connectivity index (χ0v) is 21.8. The number of ether oxygens (including phenoxy) is 1. The largest absolute Gasteiger partial charge is 0.444 e. The van der Waals surface area contributed by atoms with E-state index in [1.165, 1.54) is 5.69 Å². The van der Waals surface area contributed by atoms with Crippen molar-refractivity contribution in [3.05, 3.63) is 24.3 Å². The van der Waals surface area contributed by atoms with Crippen LogP contribution in [0.2, 0.25) is 0 Å². The summed E-state index contributed by atoms with van der Waals surface area (Å²) >= 11 is 0. The van der Waals surface area contributed by atoms with Crippen molar-refractivity contribution in [3.63, 3.8) is 0 Å². The molecule has 0 radical (unpaired) electrons. The summed E-state index contributed by atoms with van der Waals surface area (Å²) in [6.45, 7) is 10.9. The zero-order chi connectivity index (χ0) is 25.7. The Morgan fingerprint density at radius 2 is 1.67 bits per heavy atom. The van der Waals surface area contributed by atoms with Crippen LogP contribution in [-0.2, 0) is 14.3 Å². The van der Waals surface area contributed by atoms with Crippen molar-refractivity contribution in [2.45, 2.75) is 77.0 Å². The smallest absolute Gasteiger partial charge is 0.407 e. The number of alkyl carbamates (subject to hydrolysis) is 1. The van der Waals surface area contributed by atoms with Gasteiger partial charge in [-0.2, -0.15) is 0 Å². The first-order chi connectivity index (χ1) is 17.1. The Morgan fingerprint density at radius 3 is 2.28 bits per heavy atom. The number of nitrogens with one attached hydrogen (secondary N) is 3. The van der Waals surface area contributed by atoms with Gasteiger partial charge in [-0.1, -0.05) is 0 Å². The van der Waals surface area contributed by atoms with Crippen LogP contribution in [0.5, 0.6) is 0 Å². The summed E-state index contributed by atoms with van der Waals surface area (Å²) < 4.78 is 5.39. The minimum Gasteiger partial charge on any atom is -0.444 e. The van der Waals surface area contributed by atoms with Gasteiger partial charge in [0.15, 0.2) is 0 Å². The van der Waals surface area contributed by atoms with Gasteiger partial charge in [0.05, 0.1) is 0 Å². The summed E-state index contributed by atoms with van der Waals surface area (Å²) in [5.74, 6) is 0.237. The van der Waals surface area contributed by atoms with Crippen molar-refractivity contribution in [3.8, 4) is 0 Å². The molecule has 9 nitrogen and oxygen atoms in total. The molecule has 3 amide bonds. The summed E-state index contributed by atoms with van der Waals surface area (Å²) in [6, 6.07) is 8.08. The number of piperazine rings is 1. The molecule has 1 aromatic carbocycles. The number of hydrogen-bond acceptors (Lipinski definition) is 7. The third-order valence-corrected chi connectivity index (χ3v) is 7.27. The molecule has 2 aliphatic heterocycles. The lowest BCUT2D eigenvalue weighted by atomic mass is 9.85. The molecule has 2 heterocycles. The van der Waals surface area contributed by atoms with Crippen molar-refractivity contribution in [2.75, 3.05) is 42.9 Å². The third-order valence-electron chi connectivity index (χ3n) is 7.27. The van der Waals surface area contributed by atoms with Gasteiger partial charge >= 0.3 is 6.09 Å². The first-order valence-electron chi connectivity index (χ1n) is 13.3. The standard InChI is InChI=1S/C27H41N5O4/c1-27(2,3)36-26(35)29-21-6-4-19(5-7-21)18-31-14-16-32(17-15-31)22-10-8-20(9-11-22)28-23-12-13-24(33)30-25(23)34/h8-11,19,21,23,28H,4-7,12-18H2,1-3H3,(H,29,35)(H,30,33,34). The number of imide groups is 1. The van der Waals surface area contributed by atoms with Crippen LogP contribution >= 0.6 is 0 Å². The lowest BCUT2D eigenvalue weighted by molar-refractivity contribution is -0.133. The quantitative estimate of drug-likeness (QED) is 0.517. The van der Waals surface area contributed by atoms with E-state index in [0.29, 0.717) is 18.8 Å². The SMILES string of the molecule is CC(C)(C)OC(=O)NC1CCC(CN2CCN(c3ccc(NC4CCC(=O)NC4=O)cc3)CC2)CC1. The van der Waals surface area contributed by atoms with Gasteiger partial charge in [-0.3, -0.25) is 19.8 Å². The van der Waals surface area contributed by atoms with E-state index < -0.39 is 5.60 Å². The molecule has 36 heavy (non-hydrogen) atoms. The second-order valence-corrected chi connectivity index (χ2v) is 11.3.